The molecule has 1 saturated carbocycles. The molecule has 6 nitrogen and oxygen atoms in total. The molecule has 130 valence electrons. The second-order valence-electron chi connectivity index (χ2n) is 6.35. The first-order valence-corrected chi connectivity index (χ1v) is 8.83. The highest BCUT2D eigenvalue weighted by molar-refractivity contribution is 5.93. The lowest BCUT2D eigenvalue weighted by Gasteiger charge is -2.20. The van der Waals surface area contributed by atoms with Crippen molar-refractivity contribution in [1.29, 1.82) is 0 Å². The number of hydrogen-bond acceptors (Lipinski definition) is 4. The summed E-state index contributed by atoms with van der Waals surface area (Å²) in [4.78, 5) is 12.1. The van der Waals surface area contributed by atoms with E-state index in [9.17, 15) is 4.79 Å². The minimum atomic E-state index is -0.203. The lowest BCUT2D eigenvalue weighted by Crippen LogP contribution is -2.42. The van der Waals surface area contributed by atoms with Gasteiger partial charge in [0.1, 0.15) is 6.10 Å². The van der Waals surface area contributed by atoms with E-state index in [4.69, 9.17) is 9.47 Å². The molecule has 0 radical (unpaired) electrons. The first kappa shape index (κ1) is 16.8. The number of nitrogens with one attached hydrogen (secondary N) is 1. The number of nitrogens with zero attached hydrogens (tertiary/aromatic N) is 2. The molecule has 1 N–H and O–H groups in total. The molecule has 1 aliphatic heterocycles. The summed E-state index contributed by atoms with van der Waals surface area (Å²) in [6, 6.07) is 0.0199. The van der Waals surface area contributed by atoms with Crippen LogP contribution in [0.2, 0.25) is 0 Å². The van der Waals surface area contributed by atoms with Crippen molar-refractivity contribution in [1.82, 2.24) is 15.1 Å². The van der Waals surface area contributed by atoms with E-state index < -0.39 is 0 Å². The van der Waals surface area contributed by atoms with Crippen molar-refractivity contribution in [3.63, 3.8) is 0 Å². The van der Waals surface area contributed by atoms with Gasteiger partial charge in [-0.2, -0.15) is 5.10 Å². The average Bonchev–Trinajstić information content (AvgIpc) is 3.24. The maximum Gasteiger partial charge on any atom is 0.296 e. The van der Waals surface area contributed by atoms with Gasteiger partial charge < -0.3 is 14.8 Å². The number of rotatable bonds is 4. The second-order valence-corrected chi connectivity index (χ2v) is 6.35. The van der Waals surface area contributed by atoms with Gasteiger partial charge in [-0.05, 0) is 44.9 Å². The Hall–Kier alpha value is -2.00. The molecule has 0 spiro atoms. The molecular weight excluding hydrogens is 306 g/mol. The van der Waals surface area contributed by atoms with Gasteiger partial charge in [0, 0.05) is 25.7 Å². The normalized spacial score (nSPS) is 24.2. The van der Waals surface area contributed by atoms with Crippen molar-refractivity contribution >= 4 is 5.91 Å². The number of amides is 1. The molecular formula is C18H25N3O3. The second kappa shape index (κ2) is 8.20. The van der Waals surface area contributed by atoms with Crippen LogP contribution in [0.15, 0.2) is 12.4 Å². The minimum Gasteiger partial charge on any atom is -0.485 e. The first-order valence-electron chi connectivity index (χ1n) is 8.83. The molecule has 1 aromatic rings. The fourth-order valence-electron chi connectivity index (χ4n) is 3.20. The third kappa shape index (κ3) is 4.51. The van der Waals surface area contributed by atoms with Crippen LogP contribution in [-0.2, 0) is 16.1 Å². The molecule has 24 heavy (non-hydrogen) atoms. The van der Waals surface area contributed by atoms with Gasteiger partial charge in [0.2, 0.25) is 0 Å². The van der Waals surface area contributed by atoms with Crippen molar-refractivity contribution in [3.8, 4) is 17.6 Å². The molecule has 3 rings (SSSR count). The molecule has 0 aromatic carbocycles. The summed E-state index contributed by atoms with van der Waals surface area (Å²) in [5.41, 5.74) is 0. The molecule has 1 saturated heterocycles. The van der Waals surface area contributed by atoms with E-state index in [1.54, 1.807) is 6.20 Å². The molecule has 2 heterocycles. The molecule has 0 bridgehead atoms. The summed E-state index contributed by atoms with van der Waals surface area (Å²) in [6.45, 7) is 4.33. The average molecular weight is 331 g/mol. The Kier molecular flexibility index (Phi) is 5.76. The Morgan fingerprint density at radius 3 is 3.00 bits per heavy atom. The highest BCUT2D eigenvalue weighted by atomic mass is 16.5. The molecule has 0 unspecified atom stereocenters. The fourth-order valence-corrected chi connectivity index (χ4v) is 3.20. The van der Waals surface area contributed by atoms with Crippen molar-refractivity contribution in [2.75, 3.05) is 13.2 Å². The fraction of sp³-hybridized carbons (Fsp3) is 0.667. The highest BCUT2D eigenvalue weighted by Gasteiger charge is 2.30. The number of carbonyl (C=O) groups is 1. The summed E-state index contributed by atoms with van der Waals surface area (Å²) >= 11 is 0. The lowest BCUT2D eigenvalue weighted by atomic mass is 10.0. The van der Waals surface area contributed by atoms with Crippen molar-refractivity contribution in [3.05, 3.63) is 12.4 Å². The van der Waals surface area contributed by atoms with Gasteiger partial charge in [0.15, 0.2) is 5.75 Å². The van der Waals surface area contributed by atoms with Gasteiger partial charge in [0.05, 0.1) is 18.4 Å². The number of carbonyl (C=O) groups excluding carboxylic acids is 1. The van der Waals surface area contributed by atoms with Crippen LogP contribution >= 0.6 is 0 Å². The maximum atomic E-state index is 12.1. The van der Waals surface area contributed by atoms with Crippen LogP contribution in [0.25, 0.3) is 0 Å². The largest absolute Gasteiger partial charge is 0.485 e. The number of hydrogen-bond donors (Lipinski definition) is 1. The van der Waals surface area contributed by atoms with Gasteiger partial charge in [-0.3, -0.25) is 9.48 Å². The number of ether oxygens (including phenoxy) is 2. The van der Waals surface area contributed by atoms with Crippen LogP contribution in [0.4, 0.5) is 0 Å². The van der Waals surface area contributed by atoms with E-state index in [1.807, 2.05) is 17.8 Å². The van der Waals surface area contributed by atoms with Gasteiger partial charge >= 0.3 is 0 Å². The van der Waals surface area contributed by atoms with Gasteiger partial charge in [-0.25, -0.2) is 0 Å². The molecule has 2 atom stereocenters. The Morgan fingerprint density at radius 2 is 2.25 bits per heavy atom. The number of aromatic nitrogens is 2. The summed E-state index contributed by atoms with van der Waals surface area (Å²) < 4.78 is 13.1. The molecule has 2 fully saturated rings. The first-order chi connectivity index (χ1) is 11.7. The van der Waals surface area contributed by atoms with Crippen LogP contribution in [0, 0.1) is 17.8 Å². The summed E-state index contributed by atoms with van der Waals surface area (Å²) in [7, 11) is 0. The van der Waals surface area contributed by atoms with Gasteiger partial charge in [0.25, 0.3) is 5.91 Å². The van der Waals surface area contributed by atoms with Gasteiger partial charge in [-0.15, -0.1) is 0 Å². The van der Waals surface area contributed by atoms with Crippen molar-refractivity contribution in [2.24, 2.45) is 5.92 Å². The van der Waals surface area contributed by atoms with E-state index in [2.05, 4.69) is 22.3 Å². The quantitative estimate of drug-likeness (QED) is 0.854. The summed E-state index contributed by atoms with van der Waals surface area (Å²) in [6.07, 6.45) is 8.35. The molecule has 1 aliphatic carbocycles. The zero-order valence-corrected chi connectivity index (χ0v) is 14.2. The third-order valence-electron chi connectivity index (χ3n) is 4.60. The Morgan fingerprint density at radius 1 is 1.42 bits per heavy atom. The van der Waals surface area contributed by atoms with Crippen molar-refractivity contribution < 1.29 is 14.3 Å². The van der Waals surface area contributed by atoms with E-state index in [0.717, 1.165) is 57.6 Å². The Bertz CT molecular complexity index is 611. The van der Waals surface area contributed by atoms with Crippen LogP contribution in [-0.4, -0.2) is 41.0 Å². The topological polar surface area (TPSA) is 65.4 Å². The van der Waals surface area contributed by atoms with E-state index in [0.29, 0.717) is 0 Å². The predicted molar refractivity (Wildman–Crippen MR) is 89.4 cm³/mol. The predicted octanol–water partition coefficient (Wildman–Crippen LogP) is 1.75. The Balaban J connectivity index is 1.51. The van der Waals surface area contributed by atoms with Crippen molar-refractivity contribution in [2.45, 2.75) is 57.7 Å². The monoisotopic (exact) mass is 331 g/mol. The summed E-state index contributed by atoms with van der Waals surface area (Å²) in [5, 5.41) is 7.23. The molecule has 6 heteroatoms. The molecule has 1 aromatic heterocycles. The summed E-state index contributed by atoms with van der Waals surface area (Å²) in [5.74, 6) is 6.66. The van der Waals surface area contributed by atoms with Crippen LogP contribution < -0.4 is 10.1 Å². The minimum absolute atomic E-state index is 0.00617. The van der Waals surface area contributed by atoms with Gasteiger partial charge in [-0.1, -0.05) is 5.92 Å². The standard InChI is InChI=1S/C18H25N3O3/c1-2-21-13-15(12-19-21)24-17-5-3-4-16(17)20-18(22)7-6-14-8-10-23-11-9-14/h12-14,16-17H,2-5,8-11H2,1H3,(H,20,22)/t16-,17+/m0/s1. The van der Waals surface area contributed by atoms with Crippen LogP contribution in [0.1, 0.15) is 39.0 Å². The van der Waals surface area contributed by atoms with E-state index in [-0.39, 0.29) is 24.0 Å². The SMILES string of the molecule is CCn1cc(O[C@@H]2CCC[C@@H]2NC(=O)C#CC2CCOCC2)cn1. The van der Waals surface area contributed by atoms with Crippen LogP contribution in [0.5, 0.6) is 5.75 Å². The highest BCUT2D eigenvalue weighted by Crippen LogP contribution is 2.24. The van der Waals surface area contributed by atoms with E-state index >= 15 is 0 Å². The third-order valence-corrected chi connectivity index (χ3v) is 4.60. The smallest absolute Gasteiger partial charge is 0.296 e. The maximum absolute atomic E-state index is 12.1. The van der Waals surface area contributed by atoms with Crippen LogP contribution in [0.3, 0.4) is 0 Å². The number of aryl methyl sites for hydroxylation is 1. The zero-order chi connectivity index (χ0) is 16.8. The zero-order valence-electron chi connectivity index (χ0n) is 14.2. The molecule has 2 aliphatic rings. The Labute approximate surface area is 142 Å². The van der Waals surface area contributed by atoms with E-state index in [1.165, 1.54) is 0 Å². The molecule has 1 amide bonds. The lowest BCUT2D eigenvalue weighted by molar-refractivity contribution is -0.116.